The molecule has 3 amide bonds. The Morgan fingerprint density at radius 3 is 2.58 bits per heavy atom. The number of imide groups is 1. The van der Waals surface area contributed by atoms with Gasteiger partial charge in [-0.15, -0.1) is 12.6 Å². The van der Waals surface area contributed by atoms with Gasteiger partial charge in [-0.1, -0.05) is 6.92 Å². The van der Waals surface area contributed by atoms with E-state index < -0.39 is 17.9 Å². The van der Waals surface area contributed by atoms with Crippen LogP contribution in [0.4, 0.5) is 0 Å². The molecule has 100 valence electrons. The van der Waals surface area contributed by atoms with Crippen LogP contribution < -0.4 is 5.32 Å². The van der Waals surface area contributed by atoms with E-state index in [4.69, 9.17) is 0 Å². The molecule has 0 radical (unpaired) electrons. The Morgan fingerprint density at radius 1 is 1.37 bits per heavy atom. The molecule has 0 aromatic heterocycles. The Kier molecular flexibility index (Phi) is 3.90. The standard InChI is InChI=1S/C13H14N2O3S/c1-2-10-12(17)14-11(16)7-15(10)13(18)8-3-5-9(19)6-4-8/h3-6,10,19H,2,7H2,1H3,(H,14,16,17). The fourth-order valence-corrected chi connectivity index (χ4v) is 2.20. The van der Waals surface area contributed by atoms with Crippen LogP contribution in [0.15, 0.2) is 29.2 Å². The first-order chi connectivity index (χ1) is 9.02. The van der Waals surface area contributed by atoms with E-state index >= 15 is 0 Å². The van der Waals surface area contributed by atoms with Crippen LogP contribution >= 0.6 is 12.6 Å². The highest BCUT2D eigenvalue weighted by molar-refractivity contribution is 7.80. The summed E-state index contributed by atoms with van der Waals surface area (Å²) in [5, 5.41) is 2.24. The summed E-state index contributed by atoms with van der Waals surface area (Å²) in [7, 11) is 0. The maximum Gasteiger partial charge on any atom is 0.255 e. The van der Waals surface area contributed by atoms with Gasteiger partial charge in [0.05, 0.1) is 0 Å². The summed E-state index contributed by atoms with van der Waals surface area (Å²) in [4.78, 5) is 37.5. The van der Waals surface area contributed by atoms with Crippen molar-refractivity contribution in [3.63, 3.8) is 0 Å². The molecule has 0 bridgehead atoms. The molecule has 1 unspecified atom stereocenters. The molecule has 19 heavy (non-hydrogen) atoms. The smallest absolute Gasteiger partial charge is 0.255 e. The number of thiol groups is 1. The molecular formula is C13H14N2O3S. The molecule has 5 nitrogen and oxygen atoms in total. The van der Waals surface area contributed by atoms with Crippen LogP contribution in [-0.2, 0) is 9.59 Å². The molecule has 1 fully saturated rings. The summed E-state index contributed by atoms with van der Waals surface area (Å²) in [5.41, 5.74) is 0.443. The van der Waals surface area contributed by atoms with Crippen molar-refractivity contribution >= 4 is 30.4 Å². The van der Waals surface area contributed by atoms with Crippen molar-refractivity contribution in [2.45, 2.75) is 24.3 Å². The lowest BCUT2D eigenvalue weighted by molar-refractivity contribution is -0.138. The van der Waals surface area contributed by atoms with Crippen LogP contribution in [-0.4, -0.2) is 35.2 Å². The highest BCUT2D eigenvalue weighted by Crippen LogP contribution is 2.15. The monoisotopic (exact) mass is 278 g/mol. The summed E-state index contributed by atoms with van der Waals surface area (Å²) in [6.45, 7) is 1.71. The first-order valence-corrected chi connectivity index (χ1v) is 6.41. The summed E-state index contributed by atoms with van der Waals surface area (Å²) in [6.07, 6.45) is 0.468. The first-order valence-electron chi connectivity index (χ1n) is 5.96. The third-order valence-corrected chi connectivity index (χ3v) is 3.32. The zero-order valence-corrected chi connectivity index (χ0v) is 11.3. The maximum absolute atomic E-state index is 12.3. The van der Waals surface area contributed by atoms with E-state index in [9.17, 15) is 14.4 Å². The van der Waals surface area contributed by atoms with Crippen LogP contribution in [0.1, 0.15) is 23.7 Å². The van der Waals surface area contributed by atoms with Gasteiger partial charge in [-0.2, -0.15) is 0 Å². The Morgan fingerprint density at radius 2 is 2.00 bits per heavy atom. The minimum atomic E-state index is -0.596. The predicted molar refractivity (Wildman–Crippen MR) is 72.0 cm³/mol. The van der Waals surface area contributed by atoms with Crippen molar-refractivity contribution < 1.29 is 14.4 Å². The second kappa shape index (κ2) is 5.44. The summed E-state index contributed by atoms with van der Waals surface area (Å²) in [5.74, 6) is -1.19. The van der Waals surface area contributed by atoms with E-state index in [0.717, 1.165) is 4.90 Å². The molecule has 2 rings (SSSR count). The molecule has 1 aromatic carbocycles. The average molecular weight is 278 g/mol. The van der Waals surface area contributed by atoms with Gasteiger partial charge in [-0.3, -0.25) is 19.7 Å². The van der Waals surface area contributed by atoms with Crippen molar-refractivity contribution in [1.29, 1.82) is 0 Å². The van der Waals surface area contributed by atoms with Gasteiger partial charge in [0, 0.05) is 10.5 Å². The number of carbonyl (C=O) groups is 3. The van der Waals surface area contributed by atoms with E-state index in [0.29, 0.717) is 12.0 Å². The van der Waals surface area contributed by atoms with Crippen LogP contribution in [0.5, 0.6) is 0 Å². The second-order valence-corrected chi connectivity index (χ2v) is 4.83. The van der Waals surface area contributed by atoms with Gasteiger partial charge >= 0.3 is 0 Å². The molecule has 1 atom stereocenters. The van der Waals surface area contributed by atoms with Crippen LogP contribution in [0.25, 0.3) is 0 Å². The Balaban J connectivity index is 2.27. The number of amides is 3. The third kappa shape index (κ3) is 2.78. The van der Waals surface area contributed by atoms with E-state index in [1.807, 2.05) is 0 Å². The van der Waals surface area contributed by atoms with E-state index in [1.165, 1.54) is 4.90 Å². The second-order valence-electron chi connectivity index (χ2n) is 4.32. The molecule has 0 spiro atoms. The largest absolute Gasteiger partial charge is 0.317 e. The lowest BCUT2D eigenvalue weighted by atomic mass is 10.1. The molecule has 1 saturated heterocycles. The Labute approximate surface area is 116 Å². The fourth-order valence-electron chi connectivity index (χ4n) is 2.06. The number of benzene rings is 1. The lowest BCUT2D eigenvalue weighted by Crippen LogP contribution is -2.59. The highest BCUT2D eigenvalue weighted by Gasteiger charge is 2.35. The van der Waals surface area contributed by atoms with Crippen molar-refractivity contribution in [2.24, 2.45) is 0 Å². The van der Waals surface area contributed by atoms with Gasteiger partial charge in [0.1, 0.15) is 12.6 Å². The predicted octanol–water partition coefficient (Wildman–Crippen LogP) is 0.852. The van der Waals surface area contributed by atoms with E-state index in [1.54, 1.807) is 31.2 Å². The molecule has 1 aliphatic heterocycles. The maximum atomic E-state index is 12.3. The third-order valence-electron chi connectivity index (χ3n) is 3.02. The number of hydrogen-bond acceptors (Lipinski definition) is 4. The van der Waals surface area contributed by atoms with Crippen LogP contribution in [0.3, 0.4) is 0 Å². The number of rotatable bonds is 2. The molecule has 1 N–H and O–H groups in total. The number of hydrogen-bond donors (Lipinski definition) is 2. The van der Waals surface area contributed by atoms with Crippen molar-refractivity contribution in [2.75, 3.05) is 6.54 Å². The SMILES string of the molecule is CCC1C(=O)NC(=O)CN1C(=O)c1ccc(S)cc1. The molecule has 0 saturated carbocycles. The molecule has 1 aliphatic rings. The van der Waals surface area contributed by atoms with Gasteiger partial charge in [0.15, 0.2) is 0 Å². The Bertz CT molecular complexity index is 527. The van der Waals surface area contributed by atoms with Gasteiger partial charge in [0.25, 0.3) is 5.91 Å². The first kappa shape index (κ1) is 13.6. The zero-order valence-electron chi connectivity index (χ0n) is 10.4. The van der Waals surface area contributed by atoms with Crippen molar-refractivity contribution in [1.82, 2.24) is 10.2 Å². The van der Waals surface area contributed by atoms with Gasteiger partial charge in [-0.05, 0) is 30.7 Å². The van der Waals surface area contributed by atoms with Crippen molar-refractivity contribution in [3.8, 4) is 0 Å². The van der Waals surface area contributed by atoms with E-state index in [-0.39, 0.29) is 12.5 Å². The summed E-state index contributed by atoms with van der Waals surface area (Å²) < 4.78 is 0. The van der Waals surface area contributed by atoms with Crippen LogP contribution in [0.2, 0.25) is 0 Å². The summed E-state index contributed by atoms with van der Waals surface area (Å²) >= 11 is 4.15. The molecule has 0 aliphatic carbocycles. The van der Waals surface area contributed by atoms with Crippen molar-refractivity contribution in [3.05, 3.63) is 29.8 Å². The zero-order chi connectivity index (χ0) is 14.0. The number of nitrogens with one attached hydrogen (secondary N) is 1. The minimum Gasteiger partial charge on any atom is -0.317 e. The molecule has 1 heterocycles. The topological polar surface area (TPSA) is 66.5 Å². The van der Waals surface area contributed by atoms with Crippen LogP contribution in [0, 0.1) is 0 Å². The van der Waals surface area contributed by atoms with Gasteiger partial charge in [-0.25, -0.2) is 0 Å². The number of nitrogens with zero attached hydrogens (tertiary/aromatic N) is 1. The quantitative estimate of drug-likeness (QED) is 0.622. The lowest BCUT2D eigenvalue weighted by Gasteiger charge is -2.33. The molecular weight excluding hydrogens is 264 g/mol. The van der Waals surface area contributed by atoms with E-state index in [2.05, 4.69) is 17.9 Å². The minimum absolute atomic E-state index is 0.0916. The van der Waals surface area contributed by atoms with Gasteiger partial charge in [0.2, 0.25) is 11.8 Å². The summed E-state index contributed by atoms with van der Waals surface area (Å²) in [6, 6.07) is 6.07. The number of piperazine rings is 1. The average Bonchev–Trinajstić information content (AvgIpc) is 2.38. The highest BCUT2D eigenvalue weighted by atomic mass is 32.1. The Hall–Kier alpha value is -1.82. The molecule has 1 aromatic rings. The number of carbonyl (C=O) groups excluding carboxylic acids is 3. The fraction of sp³-hybridized carbons (Fsp3) is 0.308. The molecule has 6 heteroatoms. The normalized spacial score (nSPS) is 19.3. The van der Waals surface area contributed by atoms with Gasteiger partial charge < -0.3 is 4.90 Å².